The third kappa shape index (κ3) is 5.58. The van der Waals surface area contributed by atoms with Crippen LogP contribution in [0.5, 0.6) is 0 Å². The molecule has 19 heavy (non-hydrogen) atoms. The van der Waals surface area contributed by atoms with Gasteiger partial charge in [-0.15, -0.1) is 0 Å². The van der Waals surface area contributed by atoms with Crippen molar-refractivity contribution >= 4 is 11.8 Å². The molecule has 0 amide bonds. The van der Waals surface area contributed by atoms with Gasteiger partial charge < -0.3 is 5.32 Å². The van der Waals surface area contributed by atoms with Crippen LogP contribution in [-0.4, -0.2) is 18.6 Å². The smallest absolute Gasteiger partial charge is 0.0208 e. The second-order valence-corrected chi connectivity index (χ2v) is 6.54. The van der Waals surface area contributed by atoms with Gasteiger partial charge in [0, 0.05) is 6.54 Å². The molecule has 0 unspecified atom stereocenters. The summed E-state index contributed by atoms with van der Waals surface area (Å²) in [5, 5.41) is 3.61. The second kappa shape index (κ2) is 8.65. The molecule has 0 saturated heterocycles. The topological polar surface area (TPSA) is 12.0 Å². The van der Waals surface area contributed by atoms with Crippen LogP contribution in [0.1, 0.15) is 55.6 Å². The van der Waals surface area contributed by atoms with Gasteiger partial charge in [-0.1, -0.05) is 37.1 Å². The molecule has 0 radical (unpaired) electrons. The van der Waals surface area contributed by atoms with Gasteiger partial charge >= 0.3 is 0 Å². The van der Waals surface area contributed by atoms with E-state index in [1.807, 2.05) is 11.8 Å². The molecular formula is C17H27NS. The molecule has 1 nitrogen and oxygen atoms in total. The molecule has 0 aliphatic heterocycles. The van der Waals surface area contributed by atoms with Crippen molar-refractivity contribution in [3.63, 3.8) is 0 Å². The fourth-order valence-electron chi connectivity index (χ4n) is 2.56. The monoisotopic (exact) mass is 277 g/mol. The highest BCUT2D eigenvalue weighted by Crippen LogP contribution is 2.41. The molecule has 2 rings (SSSR count). The van der Waals surface area contributed by atoms with Crippen LogP contribution >= 0.6 is 11.8 Å². The Morgan fingerprint density at radius 2 is 1.89 bits per heavy atom. The maximum Gasteiger partial charge on any atom is 0.0208 e. The summed E-state index contributed by atoms with van der Waals surface area (Å²) in [4.78, 5) is 0. The molecule has 1 aliphatic rings. The number of rotatable bonds is 10. The molecular weight excluding hydrogens is 250 g/mol. The van der Waals surface area contributed by atoms with Crippen molar-refractivity contribution < 1.29 is 0 Å². The largest absolute Gasteiger partial charge is 0.313 e. The Bertz CT molecular complexity index is 360. The van der Waals surface area contributed by atoms with Gasteiger partial charge in [0.1, 0.15) is 0 Å². The van der Waals surface area contributed by atoms with Crippen LogP contribution in [0.2, 0.25) is 0 Å². The van der Waals surface area contributed by atoms with Gasteiger partial charge in [-0.05, 0) is 61.3 Å². The van der Waals surface area contributed by atoms with Crippen molar-refractivity contribution in [2.75, 3.05) is 18.6 Å². The van der Waals surface area contributed by atoms with E-state index in [1.165, 1.54) is 49.8 Å². The van der Waals surface area contributed by atoms with E-state index in [-0.39, 0.29) is 0 Å². The van der Waals surface area contributed by atoms with E-state index in [0.717, 1.165) is 19.0 Å². The molecule has 1 aromatic rings. The first-order valence-electron chi connectivity index (χ1n) is 7.69. The quantitative estimate of drug-likeness (QED) is 0.628. The van der Waals surface area contributed by atoms with E-state index in [1.54, 1.807) is 5.56 Å². The highest BCUT2D eigenvalue weighted by molar-refractivity contribution is 7.98. The number of unbranched alkanes of at least 4 members (excludes halogenated alkanes) is 3. The first-order chi connectivity index (χ1) is 9.42. The fourth-order valence-corrected chi connectivity index (χ4v) is 3.05. The fraction of sp³-hybridized carbons (Fsp3) is 0.647. The van der Waals surface area contributed by atoms with Gasteiger partial charge in [-0.25, -0.2) is 0 Å². The average Bonchev–Trinajstić information content (AvgIpc) is 3.27. The highest BCUT2D eigenvalue weighted by atomic mass is 32.2. The molecule has 1 N–H and O–H groups in total. The highest BCUT2D eigenvalue weighted by Gasteiger charge is 2.25. The van der Waals surface area contributed by atoms with E-state index < -0.39 is 0 Å². The van der Waals surface area contributed by atoms with Crippen LogP contribution in [0.25, 0.3) is 0 Å². The molecule has 0 bridgehead atoms. The number of thioether (sulfide) groups is 1. The molecule has 106 valence electrons. The molecule has 1 fully saturated rings. The van der Waals surface area contributed by atoms with Crippen molar-refractivity contribution in [2.45, 2.75) is 51.0 Å². The predicted octanol–water partition coefficient (Wildman–Crippen LogP) is 4.58. The zero-order chi connectivity index (χ0) is 13.3. The van der Waals surface area contributed by atoms with Gasteiger partial charge in [0.2, 0.25) is 0 Å². The third-order valence-electron chi connectivity index (χ3n) is 3.84. The van der Waals surface area contributed by atoms with Gasteiger partial charge in [-0.3, -0.25) is 0 Å². The van der Waals surface area contributed by atoms with Crippen molar-refractivity contribution in [1.29, 1.82) is 0 Å². The zero-order valence-corrected chi connectivity index (χ0v) is 13.0. The van der Waals surface area contributed by atoms with Crippen LogP contribution in [-0.2, 0) is 6.54 Å². The first kappa shape index (κ1) is 14.9. The summed E-state index contributed by atoms with van der Waals surface area (Å²) in [6, 6.07) is 8.96. The van der Waals surface area contributed by atoms with Crippen molar-refractivity contribution in [3.8, 4) is 0 Å². The minimum Gasteiger partial charge on any atom is -0.313 e. The number of hydrogen-bond donors (Lipinski definition) is 1. The van der Waals surface area contributed by atoms with Crippen molar-refractivity contribution in [1.82, 2.24) is 5.32 Å². The van der Waals surface area contributed by atoms with Crippen molar-refractivity contribution in [2.24, 2.45) is 0 Å². The summed E-state index contributed by atoms with van der Waals surface area (Å²) in [5.74, 6) is 2.19. The number of benzene rings is 1. The van der Waals surface area contributed by atoms with Crippen LogP contribution < -0.4 is 5.32 Å². The Morgan fingerprint density at radius 1 is 1.11 bits per heavy atom. The lowest BCUT2D eigenvalue weighted by Crippen LogP contribution is -2.15. The minimum atomic E-state index is 0.865. The molecule has 1 aromatic carbocycles. The zero-order valence-electron chi connectivity index (χ0n) is 12.2. The first-order valence-corrected chi connectivity index (χ1v) is 9.08. The summed E-state index contributed by atoms with van der Waals surface area (Å²) in [7, 11) is 0. The van der Waals surface area contributed by atoms with Gasteiger partial charge in [0.15, 0.2) is 0 Å². The van der Waals surface area contributed by atoms with Crippen LogP contribution in [0.4, 0.5) is 0 Å². The van der Waals surface area contributed by atoms with Gasteiger partial charge in [0.25, 0.3) is 0 Å². The lowest BCUT2D eigenvalue weighted by atomic mass is 10.0. The molecule has 0 heterocycles. The average molecular weight is 277 g/mol. The summed E-state index contributed by atoms with van der Waals surface area (Å²) in [6.07, 6.45) is 10.4. The number of nitrogens with one attached hydrogen (secondary N) is 1. The van der Waals surface area contributed by atoms with E-state index in [0.29, 0.717) is 0 Å². The Balaban J connectivity index is 1.58. The Labute approximate surface area is 122 Å². The Morgan fingerprint density at radius 3 is 2.68 bits per heavy atom. The summed E-state index contributed by atoms with van der Waals surface area (Å²) in [6.45, 7) is 2.22. The van der Waals surface area contributed by atoms with Gasteiger partial charge in [0.05, 0.1) is 0 Å². The maximum absolute atomic E-state index is 3.61. The molecule has 0 spiro atoms. The lowest BCUT2D eigenvalue weighted by molar-refractivity contribution is 0.598. The van der Waals surface area contributed by atoms with Crippen LogP contribution in [0, 0.1) is 0 Å². The Kier molecular flexibility index (Phi) is 6.80. The normalized spacial score (nSPS) is 14.8. The second-order valence-electron chi connectivity index (χ2n) is 5.56. The van der Waals surface area contributed by atoms with Gasteiger partial charge in [-0.2, -0.15) is 11.8 Å². The SMILES string of the molecule is CSCCCCCCNCc1ccccc1C1CC1. The van der Waals surface area contributed by atoms with E-state index >= 15 is 0 Å². The summed E-state index contributed by atoms with van der Waals surface area (Å²) in [5.41, 5.74) is 3.11. The standard InChI is InChI=1S/C17H27NS/c1-19-13-7-3-2-6-12-18-14-16-8-4-5-9-17(16)15-10-11-15/h4-5,8-9,15,18H,2-3,6-7,10-14H2,1H3. The molecule has 1 aliphatic carbocycles. The number of hydrogen-bond acceptors (Lipinski definition) is 2. The molecule has 0 aromatic heterocycles. The molecule has 0 atom stereocenters. The maximum atomic E-state index is 3.61. The van der Waals surface area contributed by atoms with Crippen molar-refractivity contribution in [3.05, 3.63) is 35.4 Å². The van der Waals surface area contributed by atoms with E-state index in [9.17, 15) is 0 Å². The third-order valence-corrected chi connectivity index (χ3v) is 4.54. The molecule has 2 heteroatoms. The molecule has 1 saturated carbocycles. The minimum absolute atomic E-state index is 0.865. The Hall–Kier alpha value is -0.470. The summed E-state index contributed by atoms with van der Waals surface area (Å²) < 4.78 is 0. The predicted molar refractivity (Wildman–Crippen MR) is 87.0 cm³/mol. The van der Waals surface area contributed by atoms with E-state index in [4.69, 9.17) is 0 Å². The van der Waals surface area contributed by atoms with Crippen LogP contribution in [0.3, 0.4) is 0 Å². The van der Waals surface area contributed by atoms with Crippen LogP contribution in [0.15, 0.2) is 24.3 Å². The summed E-state index contributed by atoms with van der Waals surface area (Å²) >= 11 is 1.96. The van der Waals surface area contributed by atoms with E-state index in [2.05, 4.69) is 35.8 Å². The lowest BCUT2D eigenvalue weighted by Gasteiger charge is -2.09.